The van der Waals surface area contributed by atoms with Gasteiger partial charge in [-0.15, -0.1) is 0 Å². The van der Waals surface area contributed by atoms with Crippen LogP contribution in [0.15, 0.2) is 24.3 Å². The van der Waals surface area contributed by atoms with E-state index in [0.29, 0.717) is 0 Å². The molecule has 2 nitrogen and oxygen atoms in total. The molecule has 0 saturated carbocycles. The lowest BCUT2D eigenvalue weighted by atomic mass is 10.0. The van der Waals surface area contributed by atoms with Gasteiger partial charge in [-0.2, -0.15) is 0 Å². The van der Waals surface area contributed by atoms with Gasteiger partial charge in [0.15, 0.2) is 0 Å². The fraction of sp³-hybridized carbons (Fsp3) is 0.529. The Hall–Kier alpha value is -1.28. The van der Waals surface area contributed by atoms with Crippen LogP contribution in [0.25, 0.3) is 5.57 Å². The smallest absolute Gasteiger partial charge is 0.119 e. The van der Waals surface area contributed by atoms with Gasteiger partial charge in [-0.3, -0.25) is 0 Å². The molecule has 0 amide bonds. The number of hydrogen-bond donors (Lipinski definition) is 1. The Kier molecular flexibility index (Phi) is 5.61. The monoisotopic (exact) mass is 261 g/mol. The van der Waals surface area contributed by atoms with Gasteiger partial charge in [-0.25, -0.2) is 0 Å². The predicted octanol–water partition coefficient (Wildman–Crippen LogP) is 4.19. The van der Waals surface area contributed by atoms with Crippen molar-refractivity contribution in [2.45, 2.75) is 46.6 Å². The van der Waals surface area contributed by atoms with Gasteiger partial charge in [0, 0.05) is 5.54 Å². The summed E-state index contributed by atoms with van der Waals surface area (Å²) >= 11 is 0. The lowest BCUT2D eigenvalue weighted by molar-refractivity contribution is 0.414. The van der Waals surface area contributed by atoms with E-state index in [0.717, 1.165) is 18.7 Å². The Bertz CT molecular complexity index is 441. The van der Waals surface area contributed by atoms with Crippen LogP contribution in [0.1, 0.15) is 45.2 Å². The van der Waals surface area contributed by atoms with Crippen LogP contribution >= 0.6 is 0 Å². The Labute approximate surface area is 117 Å². The maximum atomic E-state index is 5.24. The fourth-order valence-corrected chi connectivity index (χ4v) is 2.05. The summed E-state index contributed by atoms with van der Waals surface area (Å²) in [5, 5.41) is 3.50. The Balaban J connectivity index is 2.64. The van der Waals surface area contributed by atoms with Crippen molar-refractivity contribution in [1.29, 1.82) is 0 Å². The second-order valence-corrected chi connectivity index (χ2v) is 6.03. The lowest BCUT2D eigenvalue weighted by Gasteiger charge is -2.19. The third kappa shape index (κ3) is 5.48. The van der Waals surface area contributed by atoms with Crippen LogP contribution in [-0.2, 0) is 0 Å². The highest BCUT2D eigenvalue weighted by Crippen LogP contribution is 2.23. The van der Waals surface area contributed by atoms with E-state index in [9.17, 15) is 0 Å². The van der Waals surface area contributed by atoms with Crippen molar-refractivity contribution in [3.05, 3.63) is 35.4 Å². The number of nitrogens with one attached hydrogen (secondary N) is 1. The summed E-state index contributed by atoms with van der Waals surface area (Å²) in [4.78, 5) is 0. The molecule has 0 spiro atoms. The highest BCUT2D eigenvalue weighted by Gasteiger charge is 2.07. The minimum atomic E-state index is 0.192. The standard InChI is InChI=1S/C17H27NO/c1-13(8-7-11-18-17(3,4)5)16-10-9-15(19-6)12-14(16)2/h8-10,12,18H,7,11H2,1-6H3. The summed E-state index contributed by atoms with van der Waals surface area (Å²) in [6, 6.07) is 6.24. The summed E-state index contributed by atoms with van der Waals surface area (Å²) < 4.78 is 5.24. The van der Waals surface area contributed by atoms with Crippen LogP contribution < -0.4 is 10.1 Å². The number of methoxy groups -OCH3 is 1. The van der Waals surface area contributed by atoms with E-state index in [2.05, 4.69) is 58.1 Å². The zero-order chi connectivity index (χ0) is 14.5. The van der Waals surface area contributed by atoms with E-state index in [1.54, 1.807) is 7.11 Å². The minimum absolute atomic E-state index is 0.192. The van der Waals surface area contributed by atoms with Crippen molar-refractivity contribution in [3.8, 4) is 5.75 Å². The number of hydrogen-bond acceptors (Lipinski definition) is 2. The van der Waals surface area contributed by atoms with Crippen molar-refractivity contribution in [2.75, 3.05) is 13.7 Å². The number of rotatable bonds is 5. The third-order valence-corrected chi connectivity index (χ3v) is 3.11. The molecule has 1 aromatic carbocycles. The van der Waals surface area contributed by atoms with Crippen LogP contribution in [0.2, 0.25) is 0 Å². The molecular weight excluding hydrogens is 234 g/mol. The van der Waals surface area contributed by atoms with Crippen molar-refractivity contribution in [3.63, 3.8) is 0 Å². The van der Waals surface area contributed by atoms with E-state index in [-0.39, 0.29) is 5.54 Å². The van der Waals surface area contributed by atoms with Gasteiger partial charge in [-0.05, 0) is 76.4 Å². The fourth-order valence-electron chi connectivity index (χ4n) is 2.05. The quantitative estimate of drug-likeness (QED) is 0.803. The minimum Gasteiger partial charge on any atom is -0.497 e. The summed E-state index contributed by atoms with van der Waals surface area (Å²) in [7, 11) is 1.70. The van der Waals surface area contributed by atoms with E-state index < -0.39 is 0 Å². The molecule has 2 heteroatoms. The maximum absolute atomic E-state index is 5.24. The van der Waals surface area contributed by atoms with Gasteiger partial charge < -0.3 is 10.1 Å². The zero-order valence-corrected chi connectivity index (χ0v) is 13.1. The molecule has 0 unspecified atom stereocenters. The van der Waals surface area contributed by atoms with Crippen molar-refractivity contribution >= 4 is 5.57 Å². The molecule has 1 aromatic rings. The summed E-state index contributed by atoms with van der Waals surface area (Å²) in [5.41, 5.74) is 4.09. The van der Waals surface area contributed by atoms with Gasteiger partial charge >= 0.3 is 0 Å². The second kappa shape index (κ2) is 6.76. The summed E-state index contributed by atoms with van der Waals surface area (Å²) in [6.45, 7) is 11.9. The van der Waals surface area contributed by atoms with Gasteiger partial charge in [0.1, 0.15) is 5.75 Å². The number of benzene rings is 1. The summed E-state index contributed by atoms with van der Waals surface area (Å²) in [6.07, 6.45) is 3.35. The van der Waals surface area contributed by atoms with Gasteiger partial charge in [0.2, 0.25) is 0 Å². The average Bonchev–Trinajstić information content (AvgIpc) is 2.33. The molecule has 0 aliphatic carbocycles. The Morgan fingerprint density at radius 3 is 2.53 bits per heavy atom. The normalized spacial score (nSPS) is 12.6. The summed E-state index contributed by atoms with van der Waals surface area (Å²) in [5.74, 6) is 0.920. The molecule has 0 fully saturated rings. The van der Waals surface area contributed by atoms with Crippen LogP contribution in [0, 0.1) is 6.92 Å². The first kappa shape index (κ1) is 15.8. The molecule has 0 bridgehead atoms. The zero-order valence-electron chi connectivity index (χ0n) is 13.1. The van der Waals surface area contributed by atoms with Crippen molar-refractivity contribution in [1.82, 2.24) is 5.32 Å². The predicted molar refractivity (Wildman–Crippen MR) is 83.8 cm³/mol. The first-order valence-electron chi connectivity index (χ1n) is 6.90. The van der Waals surface area contributed by atoms with Crippen LogP contribution in [-0.4, -0.2) is 19.2 Å². The molecule has 1 N–H and O–H groups in total. The molecule has 0 atom stereocenters. The lowest BCUT2D eigenvalue weighted by Crippen LogP contribution is -2.36. The SMILES string of the molecule is COc1ccc(C(C)=CCCNC(C)(C)C)c(C)c1. The van der Waals surface area contributed by atoms with Gasteiger partial charge in [0.25, 0.3) is 0 Å². The highest BCUT2D eigenvalue weighted by atomic mass is 16.5. The van der Waals surface area contributed by atoms with Crippen molar-refractivity contribution in [2.24, 2.45) is 0 Å². The van der Waals surface area contributed by atoms with E-state index in [1.807, 2.05) is 6.07 Å². The third-order valence-electron chi connectivity index (χ3n) is 3.11. The molecule has 106 valence electrons. The molecular formula is C17H27NO. The van der Waals surface area contributed by atoms with Crippen molar-refractivity contribution < 1.29 is 4.74 Å². The topological polar surface area (TPSA) is 21.3 Å². The Morgan fingerprint density at radius 2 is 2.00 bits per heavy atom. The van der Waals surface area contributed by atoms with E-state index >= 15 is 0 Å². The first-order chi connectivity index (χ1) is 8.83. The molecule has 0 aliphatic heterocycles. The van der Waals surface area contributed by atoms with E-state index in [4.69, 9.17) is 4.74 Å². The maximum Gasteiger partial charge on any atom is 0.119 e. The van der Waals surface area contributed by atoms with Crippen LogP contribution in [0.5, 0.6) is 5.75 Å². The van der Waals surface area contributed by atoms with Gasteiger partial charge in [-0.1, -0.05) is 12.1 Å². The number of ether oxygens (including phenoxy) is 1. The largest absolute Gasteiger partial charge is 0.497 e. The molecule has 1 rings (SSSR count). The van der Waals surface area contributed by atoms with Gasteiger partial charge in [0.05, 0.1) is 7.11 Å². The second-order valence-electron chi connectivity index (χ2n) is 6.03. The first-order valence-corrected chi connectivity index (χ1v) is 6.90. The van der Waals surface area contributed by atoms with E-state index in [1.165, 1.54) is 16.7 Å². The molecule has 19 heavy (non-hydrogen) atoms. The number of aryl methyl sites for hydroxylation is 1. The Morgan fingerprint density at radius 1 is 1.32 bits per heavy atom. The van der Waals surface area contributed by atoms with Crippen LogP contribution in [0.4, 0.5) is 0 Å². The molecule has 0 radical (unpaired) electrons. The average molecular weight is 261 g/mol. The molecule has 0 heterocycles. The molecule has 0 saturated heterocycles. The molecule has 0 aromatic heterocycles. The number of allylic oxidation sites excluding steroid dienone is 1. The molecule has 0 aliphatic rings. The van der Waals surface area contributed by atoms with Crippen LogP contribution in [0.3, 0.4) is 0 Å². The highest BCUT2D eigenvalue weighted by molar-refractivity contribution is 5.67.